The highest BCUT2D eigenvalue weighted by Crippen LogP contribution is 2.27. The first-order valence-corrected chi connectivity index (χ1v) is 9.78. The SMILES string of the molecule is CCOC(=O)C1CCCN(c2c(NCCC3=CCCCC3)c(=O)c2=O)C1. The standard InChI is InChI=1S/C20H28N2O4/c1-2-26-20(25)15-9-6-12-22(13-15)17-16(18(23)19(17)24)21-11-10-14-7-4-3-5-8-14/h7,15,21H,2-6,8-13H2,1H3. The van der Waals surface area contributed by atoms with Crippen molar-refractivity contribution in [2.45, 2.75) is 51.9 Å². The largest absolute Gasteiger partial charge is 0.466 e. The van der Waals surface area contributed by atoms with E-state index < -0.39 is 10.9 Å². The lowest BCUT2D eigenvalue weighted by Crippen LogP contribution is -2.47. The number of anilines is 2. The van der Waals surface area contributed by atoms with E-state index in [2.05, 4.69) is 11.4 Å². The van der Waals surface area contributed by atoms with Crippen LogP contribution < -0.4 is 21.1 Å². The van der Waals surface area contributed by atoms with Crippen LogP contribution in [0.1, 0.15) is 51.9 Å². The number of hydrogen-bond donors (Lipinski definition) is 1. The summed E-state index contributed by atoms with van der Waals surface area (Å²) < 4.78 is 5.11. The summed E-state index contributed by atoms with van der Waals surface area (Å²) in [6, 6.07) is 0. The molecule has 1 saturated heterocycles. The van der Waals surface area contributed by atoms with E-state index in [9.17, 15) is 14.4 Å². The van der Waals surface area contributed by atoms with Gasteiger partial charge in [-0.15, -0.1) is 0 Å². The van der Waals surface area contributed by atoms with Crippen molar-refractivity contribution in [3.05, 3.63) is 32.1 Å². The number of nitrogens with one attached hydrogen (secondary N) is 1. The molecule has 1 N–H and O–H groups in total. The monoisotopic (exact) mass is 360 g/mol. The Labute approximate surface area is 153 Å². The van der Waals surface area contributed by atoms with Crippen LogP contribution in [0.15, 0.2) is 21.2 Å². The van der Waals surface area contributed by atoms with Crippen molar-refractivity contribution in [2.75, 3.05) is 36.5 Å². The quantitative estimate of drug-likeness (QED) is 0.457. The number of carbonyl (C=O) groups excluding carboxylic acids is 1. The minimum Gasteiger partial charge on any atom is -0.466 e. The zero-order valence-electron chi connectivity index (χ0n) is 15.5. The summed E-state index contributed by atoms with van der Waals surface area (Å²) in [5.74, 6) is -0.442. The number of rotatable bonds is 7. The summed E-state index contributed by atoms with van der Waals surface area (Å²) in [4.78, 5) is 38.0. The molecule has 0 spiro atoms. The fourth-order valence-corrected chi connectivity index (χ4v) is 3.96. The summed E-state index contributed by atoms with van der Waals surface area (Å²) >= 11 is 0. The summed E-state index contributed by atoms with van der Waals surface area (Å²) in [6.45, 7) is 3.96. The zero-order valence-corrected chi connectivity index (χ0v) is 15.5. The molecule has 0 saturated carbocycles. The fourth-order valence-electron chi connectivity index (χ4n) is 3.96. The van der Waals surface area contributed by atoms with Gasteiger partial charge < -0.3 is 15.0 Å². The van der Waals surface area contributed by atoms with Gasteiger partial charge in [0.25, 0.3) is 10.9 Å². The van der Waals surface area contributed by atoms with E-state index in [1.807, 2.05) is 4.90 Å². The summed E-state index contributed by atoms with van der Waals surface area (Å²) in [6.07, 6.45) is 9.55. The van der Waals surface area contributed by atoms with E-state index in [1.165, 1.54) is 18.4 Å². The number of carbonyl (C=O) groups is 1. The molecule has 1 fully saturated rings. The van der Waals surface area contributed by atoms with E-state index in [0.29, 0.717) is 37.6 Å². The summed E-state index contributed by atoms with van der Waals surface area (Å²) in [7, 11) is 0. The fraction of sp³-hybridized carbons (Fsp3) is 0.650. The molecule has 0 bridgehead atoms. The van der Waals surface area contributed by atoms with Crippen molar-refractivity contribution in [1.82, 2.24) is 0 Å². The number of ether oxygens (including phenoxy) is 1. The second kappa shape index (κ2) is 8.52. The average Bonchev–Trinajstić information content (AvgIpc) is 2.68. The molecule has 1 unspecified atom stereocenters. The van der Waals surface area contributed by atoms with Crippen molar-refractivity contribution >= 4 is 17.3 Å². The molecule has 1 aliphatic carbocycles. The van der Waals surface area contributed by atoms with Crippen LogP contribution in [0, 0.1) is 5.92 Å². The molecule has 1 aromatic carbocycles. The number of hydrogen-bond acceptors (Lipinski definition) is 6. The highest BCUT2D eigenvalue weighted by Gasteiger charge is 2.32. The summed E-state index contributed by atoms with van der Waals surface area (Å²) in [5, 5.41) is 3.17. The average molecular weight is 360 g/mol. The molecule has 1 atom stereocenters. The molecule has 0 aromatic heterocycles. The van der Waals surface area contributed by atoms with Crippen LogP contribution in [-0.2, 0) is 9.53 Å². The predicted molar refractivity (Wildman–Crippen MR) is 103 cm³/mol. The lowest BCUT2D eigenvalue weighted by molar-refractivity contribution is -0.148. The Kier molecular flexibility index (Phi) is 6.12. The Morgan fingerprint density at radius 3 is 2.85 bits per heavy atom. The van der Waals surface area contributed by atoms with E-state index >= 15 is 0 Å². The molecule has 6 nitrogen and oxygen atoms in total. The second-order valence-electron chi connectivity index (χ2n) is 7.20. The van der Waals surface area contributed by atoms with Crippen molar-refractivity contribution in [3.63, 3.8) is 0 Å². The smallest absolute Gasteiger partial charge is 0.310 e. The lowest BCUT2D eigenvalue weighted by atomic mass is 9.96. The number of esters is 1. The molecular formula is C20H28N2O4. The third-order valence-electron chi connectivity index (χ3n) is 5.38. The Morgan fingerprint density at radius 2 is 2.12 bits per heavy atom. The minimum atomic E-state index is -0.436. The van der Waals surface area contributed by atoms with Gasteiger partial charge in [0.05, 0.1) is 12.5 Å². The lowest BCUT2D eigenvalue weighted by Gasteiger charge is -2.34. The molecule has 0 amide bonds. The molecule has 6 heteroatoms. The molecule has 1 heterocycles. The molecule has 0 radical (unpaired) electrons. The Balaban J connectivity index is 1.62. The third kappa shape index (κ3) is 4.00. The van der Waals surface area contributed by atoms with E-state index in [-0.39, 0.29) is 11.9 Å². The van der Waals surface area contributed by atoms with Gasteiger partial charge in [-0.1, -0.05) is 11.6 Å². The van der Waals surface area contributed by atoms with Gasteiger partial charge in [0.2, 0.25) is 0 Å². The van der Waals surface area contributed by atoms with Gasteiger partial charge in [-0.3, -0.25) is 14.4 Å². The van der Waals surface area contributed by atoms with Crippen LogP contribution in [0.3, 0.4) is 0 Å². The van der Waals surface area contributed by atoms with Gasteiger partial charge in [-0.25, -0.2) is 0 Å². The van der Waals surface area contributed by atoms with Crippen LogP contribution in [-0.4, -0.2) is 32.2 Å². The first kappa shape index (κ1) is 18.7. The molecule has 1 aromatic rings. The second-order valence-corrected chi connectivity index (χ2v) is 7.20. The van der Waals surface area contributed by atoms with Gasteiger partial charge >= 0.3 is 5.97 Å². The molecule has 26 heavy (non-hydrogen) atoms. The topological polar surface area (TPSA) is 75.7 Å². The van der Waals surface area contributed by atoms with Crippen molar-refractivity contribution in [2.24, 2.45) is 5.92 Å². The number of piperidine rings is 1. The predicted octanol–water partition coefficient (Wildman–Crippen LogP) is 2.36. The highest BCUT2D eigenvalue weighted by molar-refractivity contribution is 5.78. The minimum absolute atomic E-state index is 0.213. The maximum absolute atomic E-state index is 12.1. The molecular weight excluding hydrogens is 332 g/mol. The van der Waals surface area contributed by atoms with Gasteiger partial charge in [0, 0.05) is 19.6 Å². The molecule has 142 valence electrons. The molecule has 2 aliphatic rings. The van der Waals surface area contributed by atoms with Crippen molar-refractivity contribution < 1.29 is 9.53 Å². The van der Waals surface area contributed by atoms with E-state index in [4.69, 9.17) is 4.74 Å². The third-order valence-corrected chi connectivity index (χ3v) is 5.38. The number of nitrogens with zero attached hydrogens (tertiary/aromatic N) is 1. The molecule has 1 aliphatic heterocycles. The van der Waals surface area contributed by atoms with E-state index in [0.717, 1.165) is 32.1 Å². The van der Waals surface area contributed by atoms with Crippen molar-refractivity contribution in [1.29, 1.82) is 0 Å². The van der Waals surface area contributed by atoms with Crippen LogP contribution in [0.5, 0.6) is 0 Å². The highest BCUT2D eigenvalue weighted by atomic mass is 16.5. The Morgan fingerprint density at radius 1 is 1.27 bits per heavy atom. The zero-order chi connectivity index (χ0) is 18.5. The first-order chi connectivity index (χ1) is 12.6. The number of allylic oxidation sites excluding steroid dienone is 1. The van der Waals surface area contributed by atoms with Crippen LogP contribution in [0.4, 0.5) is 11.4 Å². The van der Waals surface area contributed by atoms with Gasteiger partial charge in [-0.2, -0.15) is 0 Å². The Hall–Kier alpha value is -2.11. The van der Waals surface area contributed by atoms with Crippen molar-refractivity contribution in [3.8, 4) is 0 Å². The van der Waals surface area contributed by atoms with Gasteiger partial charge in [0.1, 0.15) is 11.4 Å². The van der Waals surface area contributed by atoms with Crippen LogP contribution in [0.2, 0.25) is 0 Å². The van der Waals surface area contributed by atoms with Crippen LogP contribution >= 0.6 is 0 Å². The van der Waals surface area contributed by atoms with Gasteiger partial charge in [-0.05, 0) is 51.9 Å². The van der Waals surface area contributed by atoms with Gasteiger partial charge in [0.15, 0.2) is 0 Å². The maximum Gasteiger partial charge on any atom is 0.310 e. The Bertz CT molecular complexity index is 745. The van der Waals surface area contributed by atoms with Crippen LogP contribution in [0.25, 0.3) is 0 Å². The maximum atomic E-state index is 12.1. The first-order valence-electron chi connectivity index (χ1n) is 9.78. The van der Waals surface area contributed by atoms with E-state index in [1.54, 1.807) is 6.92 Å². The summed E-state index contributed by atoms with van der Waals surface area (Å²) in [5.41, 5.74) is 1.45. The normalized spacial score (nSPS) is 20.7. The molecule has 3 rings (SSSR count).